The number of benzene rings is 1. The molecule has 2 aliphatic heterocycles. The Morgan fingerprint density at radius 2 is 1.79 bits per heavy atom. The highest BCUT2D eigenvalue weighted by atomic mass is 16.8. The Morgan fingerprint density at radius 1 is 1.13 bits per heavy atom. The Labute approximate surface area is 227 Å². The highest BCUT2D eigenvalue weighted by Gasteiger charge is 2.42. The molecule has 1 saturated heterocycles. The molecule has 1 aromatic rings. The first-order chi connectivity index (χ1) is 17.6. The van der Waals surface area contributed by atoms with E-state index >= 15 is 0 Å². The maximum absolute atomic E-state index is 13.4. The Kier molecular flexibility index (Phi) is 9.00. The lowest BCUT2D eigenvalue weighted by molar-refractivity contribution is -0.148. The predicted molar refractivity (Wildman–Crippen MR) is 148 cm³/mol. The average molecular weight is 526 g/mol. The van der Waals surface area contributed by atoms with Crippen molar-refractivity contribution in [3.63, 3.8) is 0 Å². The summed E-state index contributed by atoms with van der Waals surface area (Å²) in [6.07, 6.45) is 3.43. The van der Waals surface area contributed by atoms with Gasteiger partial charge in [-0.1, -0.05) is 37.8 Å². The van der Waals surface area contributed by atoms with Crippen LogP contribution in [0.15, 0.2) is 24.3 Å². The second-order valence-electron chi connectivity index (χ2n) is 11.8. The SMILES string of the molecule is CCN(C(=O)OC(C)(C)C)c1cc(C)c2c(c1)C#CC[C@@H]1OC(C)(C)O[C@@H]1[C@H](C)/C=C\[C@@H](C)[C@H](C)OC2=O. The summed E-state index contributed by atoms with van der Waals surface area (Å²) in [6, 6.07) is 3.57. The Morgan fingerprint density at radius 3 is 2.42 bits per heavy atom. The van der Waals surface area contributed by atoms with E-state index in [1.165, 1.54) is 0 Å². The summed E-state index contributed by atoms with van der Waals surface area (Å²) in [5, 5.41) is 0. The molecule has 7 nitrogen and oxygen atoms in total. The van der Waals surface area contributed by atoms with E-state index in [4.69, 9.17) is 18.9 Å². The number of hydrogen-bond donors (Lipinski definition) is 0. The third-order valence-electron chi connectivity index (χ3n) is 6.78. The molecule has 0 aliphatic carbocycles. The van der Waals surface area contributed by atoms with Gasteiger partial charge in [-0.05, 0) is 73.1 Å². The fourth-order valence-electron chi connectivity index (χ4n) is 4.69. The topological polar surface area (TPSA) is 74.3 Å². The molecule has 1 aromatic carbocycles. The number of fused-ring (bicyclic) bond motifs is 2. The molecule has 2 aliphatic rings. The maximum Gasteiger partial charge on any atom is 0.414 e. The van der Waals surface area contributed by atoms with E-state index in [2.05, 4.69) is 30.9 Å². The average Bonchev–Trinajstić information content (AvgIpc) is 3.09. The second-order valence-corrected chi connectivity index (χ2v) is 11.8. The van der Waals surface area contributed by atoms with Crippen LogP contribution in [-0.4, -0.2) is 48.3 Å². The number of carbonyl (C=O) groups excluding carboxylic acids is 2. The van der Waals surface area contributed by atoms with Crippen LogP contribution >= 0.6 is 0 Å². The first kappa shape index (κ1) is 29.7. The van der Waals surface area contributed by atoms with Crippen molar-refractivity contribution in [2.45, 2.75) is 105 Å². The quantitative estimate of drug-likeness (QED) is 0.253. The number of carbonyl (C=O) groups is 2. The van der Waals surface area contributed by atoms with E-state index in [1.807, 2.05) is 62.3 Å². The molecule has 0 saturated carbocycles. The summed E-state index contributed by atoms with van der Waals surface area (Å²) < 4.78 is 23.9. The third kappa shape index (κ3) is 7.18. The van der Waals surface area contributed by atoms with Crippen LogP contribution in [0.1, 0.15) is 90.2 Å². The molecule has 208 valence electrons. The second kappa shape index (κ2) is 11.5. The molecule has 1 amide bonds. The predicted octanol–water partition coefficient (Wildman–Crippen LogP) is 6.41. The Bertz CT molecular complexity index is 1140. The van der Waals surface area contributed by atoms with E-state index in [-0.39, 0.29) is 30.1 Å². The summed E-state index contributed by atoms with van der Waals surface area (Å²) in [5.41, 5.74) is 1.55. The van der Waals surface area contributed by atoms with Crippen LogP contribution in [0.5, 0.6) is 0 Å². The fourth-order valence-corrected chi connectivity index (χ4v) is 4.69. The van der Waals surface area contributed by atoms with Gasteiger partial charge >= 0.3 is 12.1 Å². The van der Waals surface area contributed by atoms with Gasteiger partial charge in [0, 0.05) is 36.1 Å². The van der Waals surface area contributed by atoms with Crippen LogP contribution in [0.2, 0.25) is 0 Å². The van der Waals surface area contributed by atoms with Crippen molar-refractivity contribution < 1.29 is 28.5 Å². The molecule has 5 atom stereocenters. The van der Waals surface area contributed by atoms with Gasteiger partial charge in [-0.25, -0.2) is 9.59 Å². The van der Waals surface area contributed by atoms with Gasteiger partial charge in [0.05, 0.1) is 17.8 Å². The number of anilines is 1. The number of nitrogens with zero attached hydrogens (tertiary/aromatic N) is 1. The zero-order valence-electron chi connectivity index (χ0n) is 24.5. The summed E-state index contributed by atoms with van der Waals surface area (Å²) in [4.78, 5) is 27.9. The molecule has 1 fully saturated rings. The van der Waals surface area contributed by atoms with Gasteiger partial charge in [0.15, 0.2) is 5.79 Å². The summed E-state index contributed by atoms with van der Waals surface area (Å²) in [6.45, 7) is 19.4. The molecule has 2 heterocycles. The van der Waals surface area contributed by atoms with Gasteiger partial charge in [-0.15, -0.1) is 0 Å². The minimum atomic E-state index is -0.707. The van der Waals surface area contributed by atoms with Crippen LogP contribution < -0.4 is 4.90 Å². The van der Waals surface area contributed by atoms with Crippen molar-refractivity contribution in [2.24, 2.45) is 11.8 Å². The lowest BCUT2D eigenvalue weighted by Crippen LogP contribution is -2.37. The summed E-state index contributed by atoms with van der Waals surface area (Å²) >= 11 is 0. The molecule has 0 N–H and O–H groups in total. The number of aryl methyl sites for hydroxylation is 1. The van der Waals surface area contributed by atoms with Gasteiger partial charge in [0.25, 0.3) is 0 Å². The summed E-state index contributed by atoms with van der Waals surface area (Å²) in [7, 11) is 0. The third-order valence-corrected chi connectivity index (χ3v) is 6.78. The van der Waals surface area contributed by atoms with Crippen LogP contribution in [0.25, 0.3) is 0 Å². The van der Waals surface area contributed by atoms with Crippen molar-refractivity contribution >= 4 is 17.7 Å². The molecule has 0 unspecified atom stereocenters. The highest BCUT2D eigenvalue weighted by molar-refractivity contribution is 5.96. The lowest BCUT2D eigenvalue weighted by Gasteiger charge is -2.27. The van der Waals surface area contributed by atoms with Crippen LogP contribution in [0, 0.1) is 30.6 Å². The molecule has 0 radical (unpaired) electrons. The van der Waals surface area contributed by atoms with Gasteiger partial charge in [0.1, 0.15) is 11.7 Å². The van der Waals surface area contributed by atoms with E-state index in [0.717, 1.165) is 0 Å². The lowest BCUT2D eigenvalue weighted by atomic mass is 9.94. The van der Waals surface area contributed by atoms with Crippen molar-refractivity contribution in [1.82, 2.24) is 0 Å². The summed E-state index contributed by atoms with van der Waals surface area (Å²) in [5.74, 6) is 5.36. The molecule has 7 heteroatoms. The number of hydrogen-bond acceptors (Lipinski definition) is 6. The van der Waals surface area contributed by atoms with E-state index in [9.17, 15) is 9.59 Å². The minimum Gasteiger partial charge on any atom is -0.458 e. The minimum absolute atomic E-state index is 0.00464. The molecular weight excluding hydrogens is 482 g/mol. The van der Waals surface area contributed by atoms with Crippen molar-refractivity contribution in [2.75, 3.05) is 11.4 Å². The largest absolute Gasteiger partial charge is 0.458 e. The first-order valence-corrected chi connectivity index (χ1v) is 13.5. The number of amides is 1. The van der Waals surface area contributed by atoms with Gasteiger partial charge in [-0.2, -0.15) is 0 Å². The molecule has 0 spiro atoms. The van der Waals surface area contributed by atoms with Crippen LogP contribution in [0.4, 0.5) is 10.5 Å². The molecule has 3 rings (SSSR count). The molecular formula is C31H43NO6. The van der Waals surface area contributed by atoms with Gasteiger partial charge in [-0.3, -0.25) is 4.90 Å². The Balaban J connectivity index is 2.09. The zero-order chi connectivity index (χ0) is 28.4. The molecule has 0 aromatic heterocycles. The maximum atomic E-state index is 13.4. The van der Waals surface area contributed by atoms with Crippen molar-refractivity contribution in [1.29, 1.82) is 0 Å². The van der Waals surface area contributed by atoms with Crippen LogP contribution in [0.3, 0.4) is 0 Å². The van der Waals surface area contributed by atoms with Gasteiger partial charge < -0.3 is 18.9 Å². The van der Waals surface area contributed by atoms with Crippen molar-refractivity contribution in [3.05, 3.63) is 41.0 Å². The standard InChI is InChI=1S/C31H43NO6/c1-11-32(29(34)38-30(6,7)8)24-17-21(4)26-23(18-24)13-12-14-25-27(37-31(9,10)36-25)20(3)16-15-19(2)22(5)35-28(26)33/h15-20,22,25,27H,11,14H2,1-10H3/b16-15-/t19-,20-,22+,25+,27-/m1/s1. The number of cyclic esters (lactones) is 1. The number of esters is 1. The van der Waals surface area contributed by atoms with Crippen LogP contribution in [-0.2, 0) is 18.9 Å². The fraction of sp³-hybridized carbons (Fsp3) is 0.613. The van der Waals surface area contributed by atoms with E-state index < -0.39 is 23.5 Å². The van der Waals surface area contributed by atoms with Gasteiger partial charge in [0.2, 0.25) is 0 Å². The van der Waals surface area contributed by atoms with E-state index in [1.54, 1.807) is 17.0 Å². The smallest absolute Gasteiger partial charge is 0.414 e. The normalized spacial score (nSPS) is 28.1. The Hall–Kier alpha value is -2.82. The highest BCUT2D eigenvalue weighted by Crippen LogP contribution is 2.35. The van der Waals surface area contributed by atoms with E-state index in [0.29, 0.717) is 35.3 Å². The monoisotopic (exact) mass is 525 g/mol. The molecule has 0 bridgehead atoms. The molecule has 38 heavy (non-hydrogen) atoms. The first-order valence-electron chi connectivity index (χ1n) is 13.5. The number of rotatable bonds is 2. The zero-order valence-corrected chi connectivity index (χ0v) is 24.5. The number of ether oxygens (including phenoxy) is 4. The van der Waals surface area contributed by atoms with Crippen molar-refractivity contribution in [3.8, 4) is 11.8 Å².